The third kappa shape index (κ3) is 6.34. The summed E-state index contributed by atoms with van der Waals surface area (Å²) < 4.78 is 55.6. The van der Waals surface area contributed by atoms with Crippen LogP contribution in [-0.2, 0) is 15.7 Å². The van der Waals surface area contributed by atoms with Crippen LogP contribution in [0, 0.1) is 0 Å². The van der Waals surface area contributed by atoms with E-state index < -0.39 is 11.7 Å². The number of nitrogens with zero attached hydrogens (tertiary/aromatic N) is 5. The van der Waals surface area contributed by atoms with Crippen molar-refractivity contribution >= 4 is 12.1 Å². The number of alkyl halides is 3. The third-order valence-corrected chi connectivity index (χ3v) is 7.75. The van der Waals surface area contributed by atoms with Gasteiger partial charge in [0.05, 0.1) is 31.3 Å². The molecule has 13 heteroatoms. The van der Waals surface area contributed by atoms with Gasteiger partial charge in [0.1, 0.15) is 0 Å². The molecule has 2 atom stereocenters. The third-order valence-electron chi connectivity index (χ3n) is 7.75. The van der Waals surface area contributed by atoms with E-state index in [1.54, 1.807) is 14.7 Å². The molecule has 0 bridgehead atoms. The molecule has 40 heavy (non-hydrogen) atoms. The predicted octanol–water partition coefficient (Wildman–Crippen LogP) is 4.45. The van der Waals surface area contributed by atoms with Crippen LogP contribution in [0.15, 0.2) is 28.8 Å². The van der Waals surface area contributed by atoms with Gasteiger partial charge in [-0.05, 0) is 30.5 Å². The lowest BCUT2D eigenvalue weighted by Crippen LogP contribution is -2.52. The molecule has 5 rings (SSSR count). The number of rotatable bonds is 6. The zero-order valence-electron chi connectivity index (χ0n) is 22.4. The lowest BCUT2D eigenvalue weighted by molar-refractivity contribution is -0.137. The number of hydrogen-bond donors (Lipinski definition) is 0. The first-order chi connectivity index (χ1) is 19.2. The van der Waals surface area contributed by atoms with E-state index in [1.165, 1.54) is 12.1 Å². The second kappa shape index (κ2) is 12.0. The van der Waals surface area contributed by atoms with E-state index in [0.717, 1.165) is 30.5 Å². The molecule has 3 amide bonds. The Hall–Kier alpha value is -3.35. The number of halogens is 3. The van der Waals surface area contributed by atoms with Gasteiger partial charge in [0.2, 0.25) is 5.89 Å². The van der Waals surface area contributed by atoms with Crippen molar-refractivity contribution in [2.45, 2.75) is 50.1 Å². The molecule has 0 saturated carbocycles. The lowest BCUT2D eigenvalue weighted by atomic mass is 9.84. The molecule has 10 nitrogen and oxygen atoms in total. The van der Waals surface area contributed by atoms with Crippen molar-refractivity contribution in [3.8, 4) is 0 Å². The SMILES string of the molecule is CCCCOC(=O)N1CC(c2nc(C3CC(c4ccc(C(F)(F)F)cc4)CN(C(=O)N4CCOCC4)C3)no2)C1. The molecule has 2 unspecified atom stereocenters. The Kier molecular flexibility index (Phi) is 8.48. The molecule has 0 N–H and O–H groups in total. The van der Waals surface area contributed by atoms with Crippen LogP contribution in [0.1, 0.15) is 66.8 Å². The first-order valence-electron chi connectivity index (χ1n) is 13.8. The maximum atomic E-state index is 13.4. The summed E-state index contributed by atoms with van der Waals surface area (Å²) in [6.07, 6.45) is -2.46. The van der Waals surface area contributed by atoms with Crippen molar-refractivity contribution in [2.24, 2.45) is 0 Å². The number of carbonyl (C=O) groups is 2. The van der Waals surface area contributed by atoms with Gasteiger partial charge < -0.3 is 28.7 Å². The standard InChI is InChI=1S/C27H34F3N5O5/c1-2-3-10-39-26(37)35-16-21(17-35)24-31-23(32-40-24)20-13-19(18-4-6-22(7-5-18)27(28,29)30)14-34(15-20)25(36)33-8-11-38-12-9-33/h4-7,19-21H,2-3,8-17H2,1H3. The molecule has 4 heterocycles. The van der Waals surface area contributed by atoms with Crippen molar-refractivity contribution in [3.05, 3.63) is 47.1 Å². The average Bonchev–Trinajstić information content (AvgIpc) is 3.41. The largest absolute Gasteiger partial charge is 0.449 e. The van der Waals surface area contributed by atoms with Gasteiger partial charge >= 0.3 is 18.3 Å². The van der Waals surface area contributed by atoms with Crippen LogP contribution in [0.25, 0.3) is 0 Å². The number of piperidine rings is 1. The summed E-state index contributed by atoms with van der Waals surface area (Å²) in [6, 6.07) is 4.99. The number of benzene rings is 1. The Morgan fingerprint density at radius 2 is 1.65 bits per heavy atom. The predicted molar refractivity (Wildman–Crippen MR) is 136 cm³/mol. The number of urea groups is 1. The van der Waals surface area contributed by atoms with Gasteiger partial charge in [-0.3, -0.25) is 0 Å². The highest BCUT2D eigenvalue weighted by Gasteiger charge is 2.40. The summed E-state index contributed by atoms with van der Waals surface area (Å²) in [5.41, 5.74) is 0.00821. The number of ether oxygens (including phenoxy) is 2. The Morgan fingerprint density at radius 3 is 2.33 bits per heavy atom. The minimum absolute atomic E-state index is 0.0969. The Bertz CT molecular complexity index is 1160. The minimum atomic E-state index is -4.42. The molecule has 1 aromatic heterocycles. The van der Waals surface area contributed by atoms with Crippen LogP contribution in [0.2, 0.25) is 0 Å². The second-order valence-corrected chi connectivity index (χ2v) is 10.6. The molecule has 3 saturated heterocycles. The molecule has 0 aliphatic carbocycles. The number of unbranched alkanes of at least 4 members (excludes halogenated alkanes) is 1. The van der Waals surface area contributed by atoms with E-state index in [4.69, 9.17) is 14.0 Å². The highest BCUT2D eigenvalue weighted by molar-refractivity contribution is 5.75. The first-order valence-corrected chi connectivity index (χ1v) is 13.8. The number of likely N-dealkylation sites (tertiary alicyclic amines) is 2. The Balaban J connectivity index is 1.29. The zero-order valence-corrected chi connectivity index (χ0v) is 22.4. The average molecular weight is 566 g/mol. The van der Waals surface area contributed by atoms with Gasteiger partial charge in [0.25, 0.3) is 0 Å². The quantitative estimate of drug-likeness (QED) is 0.477. The van der Waals surface area contributed by atoms with E-state index in [-0.39, 0.29) is 29.9 Å². The van der Waals surface area contributed by atoms with E-state index in [9.17, 15) is 22.8 Å². The van der Waals surface area contributed by atoms with Crippen molar-refractivity contribution < 1.29 is 36.8 Å². The fourth-order valence-electron chi connectivity index (χ4n) is 5.34. The van der Waals surface area contributed by atoms with Crippen LogP contribution in [0.3, 0.4) is 0 Å². The second-order valence-electron chi connectivity index (χ2n) is 10.6. The molecule has 3 aliphatic heterocycles. The van der Waals surface area contributed by atoms with E-state index in [0.29, 0.717) is 77.2 Å². The molecule has 2 aromatic rings. The van der Waals surface area contributed by atoms with Gasteiger partial charge in [-0.15, -0.1) is 0 Å². The highest BCUT2D eigenvalue weighted by Crippen LogP contribution is 2.38. The fraction of sp³-hybridized carbons (Fsp3) is 0.630. The zero-order chi connectivity index (χ0) is 28.3. The summed E-state index contributed by atoms with van der Waals surface area (Å²) in [5.74, 6) is 0.315. The van der Waals surface area contributed by atoms with Crippen molar-refractivity contribution in [1.29, 1.82) is 0 Å². The normalized spacial score (nSPS) is 22.2. The maximum Gasteiger partial charge on any atom is 0.416 e. The van der Waals surface area contributed by atoms with Gasteiger partial charge in [-0.25, -0.2) is 9.59 Å². The van der Waals surface area contributed by atoms with Crippen molar-refractivity contribution in [3.63, 3.8) is 0 Å². The molecule has 218 valence electrons. The fourth-order valence-corrected chi connectivity index (χ4v) is 5.34. The van der Waals surface area contributed by atoms with Crippen molar-refractivity contribution in [2.75, 3.05) is 59.1 Å². The van der Waals surface area contributed by atoms with Gasteiger partial charge in [0, 0.05) is 51.1 Å². The van der Waals surface area contributed by atoms with Gasteiger partial charge in [0.15, 0.2) is 5.82 Å². The number of aromatic nitrogens is 2. The van der Waals surface area contributed by atoms with Crippen LogP contribution in [-0.4, -0.2) is 96.1 Å². The number of morpholine rings is 1. The van der Waals surface area contributed by atoms with Gasteiger partial charge in [-0.2, -0.15) is 18.2 Å². The summed E-state index contributed by atoms with van der Waals surface area (Å²) in [6.45, 7) is 5.90. The number of amides is 3. The van der Waals surface area contributed by atoms with Crippen LogP contribution in [0.5, 0.6) is 0 Å². The maximum absolute atomic E-state index is 13.4. The molecule has 1 aromatic carbocycles. The van der Waals surface area contributed by atoms with Gasteiger partial charge in [-0.1, -0.05) is 30.6 Å². The monoisotopic (exact) mass is 565 g/mol. The molecule has 0 radical (unpaired) electrons. The summed E-state index contributed by atoms with van der Waals surface area (Å²) >= 11 is 0. The summed E-state index contributed by atoms with van der Waals surface area (Å²) in [4.78, 5) is 35.2. The van der Waals surface area contributed by atoms with Crippen LogP contribution < -0.4 is 0 Å². The topological polar surface area (TPSA) is 101 Å². The van der Waals surface area contributed by atoms with E-state index in [2.05, 4.69) is 10.1 Å². The molecule has 3 aliphatic rings. The Morgan fingerprint density at radius 1 is 0.975 bits per heavy atom. The van der Waals surface area contributed by atoms with E-state index in [1.807, 2.05) is 6.92 Å². The number of hydrogen-bond acceptors (Lipinski definition) is 7. The highest BCUT2D eigenvalue weighted by atomic mass is 19.4. The molecule has 0 spiro atoms. The summed E-state index contributed by atoms with van der Waals surface area (Å²) in [5, 5.41) is 4.21. The summed E-state index contributed by atoms with van der Waals surface area (Å²) in [7, 11) is 0. The van der Waals surface area contributed by atoms with Crippen LogP contribution >= 0.6 is 0 Å². The smallest absolute Gasteiger partial charge is 0.416 e. The van der Waals surface area contributed by atoms with E-state index >= 15 is 0 Å². The Labute approximate surface area is 230 Å². The molecular formula is C27H34F3N5O5. The molecular weight excluding hydrogens is 531 g/mol. The lowest BCUT2D eigenvalue weighted by Gasteiger charge is -2.40. The minimum Gasteiger partial charge on any atom is -0.449 e. The number of carbonyl (C=O) groups excluding carboxylic acids is 2. The van der Waals surface area contributed by atoms with Crippen molar-refractivity contribution in [1.82, 2.24) is 24.8 Å². The van der Waals surface area contributed by atoms with Crippen LogP contribution in [0.4, 0.5) is 22.8 Å². The molecule has 3 fully saturated rings. The first kappa shape index (κ1) is 28.2.